The molecule has 1 unspecified atom stereocenters. The Labute approximate surface area is 98.2 Å². The highest BCUT2D eigenvalue weighted by atomic mass is 16.5. The topological polar surface area (TPSA) is 34.4 Å². The van der Waals surface area contributed by atoms with Gasteiger partial charge in [-0.2, -0.15) is 0 Å². The standard InChI is InChI=1S/C13H23NO2/c1-10(2)13(7-8-15-4)14-9-12-6-5-11(3)16-12/h5-6,10,13-14H,7-9H2,1-4H3. The minimum absolute atomic E-state index is 0.477. The van der Waals surface area contributed by atoms with E-state index in [0.29, 0.717) is 12.0 Å². The lowest BCUT2D eigenvalue weighted by atomic mass is 10.0. The summed E-state index contributed by atoms with van der Waals surface area (Å²) in [5.74, 6) is 2.57. The minimum atomic E-state index is 0.477. The van der Waals surface area contributed by atoms with E-state index in [1.54, 1.807) is 7.11 Å². The van der Waals surface area contributed by atoms with E-state index in [-0.39, 0.29) is 0 Å². The summed E-state index contributed by atoms with van der Waals surface area (Å²) < 4.78 is 10.6. The Morgan fingerprint density at radius 1 is 1.38 bits per heavy atom. The van der Waals surface area contributed by atoms with Gasteiger partial charge in [-0.25, -0.2) is 0 Å². The first-order valence-corrected chi connectivity index (χ1v) is 5.91. The van der Waals surface area contributed by atoms with Crippen LogP contribution in [0.1, 0.15) is 31.8 Å². The van der Waals surface area contributed by atoms with Crippen molar-refractivity contribution in [3.05, 3.63) is 23.7 Å². The maximum Gasteiger partial charge on any atom is 0.117 e. The van der Waals surface area contributed by atoms with Crippen molar-refractivity contribution in [1.82, 2.24) is 5.32 Å². The second-order valence-electron chi connectivity index (χ2n) is 4.53. The molecule has 1 heterocycles. The number of furan rings is 1. The number of methoxy groups -OCH3 is 1. The van der Waals surface area contributed by atoms with Crippen LogP contribution in [0.4, 0.5) is 0 Å². The summed E-state index contributed by atoms with van der Waals surface area (Å²) in [4.78, 5) is 0. The fourth-order valence-corrected chi connectivity index (χ4v) is 1.73. The van der Waals surface area contributed by atoms with Crippen molar-refractivity contribution in [3.8, 4) is 0 Å². The fraction of sp³-hybridized carbons (Fsp3) is 0.692. The van der Waals surface area contributed by atoms with Crippen LogP contribution in [0.15, 0.2) is 16.5 Å². The molecule has 0 radical (unpaired) electrons. The molecule has 1 atom stereocenters. The highest BCUT2D eigenvalue weighted by Crippen LogP contribution is 2.10. The van der Waals surface area contributed by atoms with E-state index in [1.807, 2.05) is 19.1 Å². The summed E-state index contributed by atoms with van der Waals surface area (Å²) in [5.41, 5.74) is 0. The number of hydrogen-bond acceptors (Lipinski definition) is 3. The molecule has 0 aromatic carbocycles. The van der Waals surface area contributed by atoms with Crippen LogP contribution in [0, 0.1) is 12.8 Å². The Hall–Kier alpha value is -0.800. The van der Waals surface area contributed by atoms with Gasteiger partial charge in [0.2, 0.25) is 0 Å². The zero-order valence-corrected chi connectivity index (χ0v) is 10.7. The summed E-state index contributed by atoms with van der Waals surface area (Å²) >= 11 is 0. The lowest BCUT2D eigenvalue weighted by molar-refractivity contribution is 0.172. The molecule has 1 N–H and O–H groups in total. The summed E-state index contributed by atoms with van der Waals surface area (Å²) in [7, 11) is 1.74. The number of ether oxygens (including phenoxy) is 1. The van der Waals surface area contributed by atoms with Gasteiger partial charge in [-0.3, -0.25) is 0 Å². The fourth-order valence-electron chi connectivity index (χ4n) is 1.73. The molecular weight excluding hydrogens is 202 g/mol. The summed E-state index contributed by atoms with van der Waals surface area (Å²) in [5, 5.41) is 3.51. The van der Waals surface area contributed by atoms with E-state index in [1.165, 1.54) is 0 Å². The molecule has 0 saturated carbocycles. The maximum atomic E-state index is 5.52. The Morgan fingerprint density at radius 3 is 2.62 bits per heavy atom. The first-order chi connectivity index (χ1) is 7.63. The molecular formula is C13H23NO2. The van der Waals surface area contributed by atoms with E-state index in [0.717, 1.165) is 31.1 Å². The van der Waals surface area contributed by atoms with Crippen LogP contribution in [0.25, 0.3) is 0 Å². The summed E-state index contributed by atoms with van der Waals surface area (Å²) in [6, 6.07) is 4.50. The highest BCUT2D eigenvalue weighted by molar-refractivity contribution is 5.05. The quantitative estimate of drug-likeness (QED) is 0.775. The Kier molecular flexibility index (Phi) is 5.56. The van der Waals surface area contributed by atoms with Crippen molar-refractivity contribution in [2.75, 3.05) is 13.7 Å². The molecule has 1 aromatic heterocycles. The summed E-state index contributed by atoms with van der Waals surface area (Å²) in [6.45, 7) is 8.00. The van der Waals surface area contributed by atoms with Crippen molar-refractivity contribution in [1.29, 1.82) is 0 Å². The van der Waals surface area contributed by atoms with Gasteiger partial charge in [0.1, 0.15) is 11.5 Å². The van der Waals surface area contributed by atoms with E-state index in [2.05, 4.69) is 19.2 Å². The predicted molar refractivity (Wildman–Crippen MR) is 65.4 cm³/mol. The second-order valence-corrected chi connectivity index (χ2v) is 4.53. The van der Waals surface area contributed by atoms with Crippen molar-refractivity contribution in [2.45, 2.75) is 39.8 Å². The second kappa shape index (κ2) is 6.71. The lowest BCUT2D eigenvalue weighted by Crippen LogP contribution is -2.34. The SMILES string of the molecule is COCCC(NCc1ccc(C)o1)C(C)C. The van der Waals surface area contributed by atoms with Crippen molar-refractivity contribution in [2.24, 2.45) is 5.92 Å². The molecule has 92 valence electrons. The van der Waals surface area contributed by atoms with Gasteiger partial charge in [-0.15, -0.1) is 0 Å². The van der Waals surface area contributed by atoms with Gasteiger partial charge >= 0.3 is 0 Å². The van der Waals surface area contributed by atoms with Crippen LogP contribution in [0.2, 0.25) is 0 Å². The molecule has 3 heteroatoms. The molecule has 0 bridgehead atoms. The van der Waals surface area contributed by atoms with E-state index in [4.69, 9.17) is 9.15 Å². The van der Waals surface area contributed by atoms with Crippen LogP contribution in [-0.4, -0.2) is 19.8 Å². The monoisotopic (exact) mass is 225 g/mol. The predicted octanol–water partition coefficient (Wildman–Crippen LogP) is 2.74. The van der Waals surface area contributed by atoms with Gasteiger partial charge in [0.25, 0.3) is 0 Å². The third-order valence-electron chi connectivity index (χ3n) is 2.77. The third-order valence-corrected chi connectivity index (χ3v) is 2.77. The van der Waals surface area contributed by atoms with Crippen LogP contribution in [-0.2, 0) is 11.3 Å². The Bertz CT molecular complexity index is 294. The van der Waals surface area contributed by atoms with Gasteiger partial charge in [0, 0.05) is 19.8 Å². The first kappa shape index (κ1) is 13.3. The number of aryl methyl sites for hydroxylation is 1. The molecule has 0 aliphatic carbocycles. The number of rotatable bonds is 7. The van der Waals surface area contributed by atoms with Gasteiger partial charge in [0.05, 0.1) is 6.54 Å². The van der Waals surface area contributed by atoms with Crippen molar-refractivity contribution < 1.29 is 9.15 Å². The zero-order chi connectivity index (χ0) is 12.0. The van der Waals surface area contributed by atoms with Crippen molar-refractivity contribution >= 4 is 0 Å². The molecule has 0 spiro atoms. The van der Waals surface area contributed by atoms with Crippen molar-refractivity contribution in [3.63, 3.8) is 0 Å². The maximum absolute atomic E-state index is 5.52. The normalized spacial score (nSPS) is 13.3. The minimum Gasteiger partial charge on any atom is -0.465 e. The zero-order valence-electron chi connectivity index (χ0n) is 10.7. The van der Waals surface area contributed by atoms with Gasteiger partial charge in [-0.1, -0.05) is 13.8 Å². The molecule has 0 aliphatic rings. The Balaban J connectivity index is 2.37. The molecule has 0 aliphatic heterocycles. The largest absolute Gasteiger partial charge is 0.465 e. The van der Waals surface area contributed by atoms with Gasteiger partial charge < -0.3 is 14.5 Å². The van der Waals surface area contributed by atoms with E-state index >= 15 is 0 Å². The number of hydrogen-bond donors (Lipinski definition) is 1. The van der Waals surface area contributed by atoms with Crippen LogP contribution >= 0.6 is 0 Å². The van der Waals surface area contributed by atoms with Crippen LogP contribution in [0.5, 0.6) is 0 Å². The molecule has 0 amide bonds. The highest BCUT2D eigenvalue weighted by Gasteiger charge is 2.12. The average molecular weight is 225 g/mol. The van der Waals surface area contributed by atoms with Crippen LogP contribution in [0.3, 0.4) is 0 Å². The van der Waals surface area contributed by atoms with Gasteiger partial charge in [0.15, 0.2) is 0 Å². The Morgan fingerprint density at radius 2 is 2.12 bits per heavy atom. The lowest BCUT2D eigenvalue weighted by Gasteiger charge is -2.21. The van der Waals surface area contributed by atoms with Crippen LogP contribution < -0.4 is 5.32 Å². The molecule has 3 nitrogen and oxygen atoms in total. The molecule has 16 heavy (non-hydrogen) atoms. The van der Waals surface area contributed by atoms with Gasteiger partial charge in [-0.05, 0) is 31.4 Å². The summed E-state index contributed by atoms with van der Waals surface area (Å²) in [6.07, 6.45) is 1.04. The molecule has 0 saturated heterocycles. The number of nitrogens with one attached hydrogen (secondary N) is 1. The van der Waals surface area contributed by atoms with E-state index in [9.17, 15) is 0 Å². The molecule has 0 fully saturated rings. The smallest absolute Gasteiger partial charge is 0.117 e. The third kappa shape index (κ3) is 4.37. The van der Waals surface area contributed by atoms with E-state index < -0.39 is 0 Å². The molecule has 1 rings (SSSR count). The first-order valence-electron chi connectivity index (χ1n) is 5.91. The average Bonchev–Trinajstić information content (AvgIpc) is 2.64. The molecule has 1 aromatic rings.